The minimum atomic E-state index is -0.267. The van der Waals surface area contributed by atoms with Gasteiger partial charge < -0.3 is 0 Å². The Morgan fingerprint density at radius 1 is 1.56 bits per heavy atom. The molecule has 1 aromatic heterocycles. The lowest BCUT2D eigenvalue weighted by molar-refractivity contribution is -0.130. The standard InChI is InChI=1S/C10H14N2O2S2/c1-6(2)9(14)12-8(13)5-16-10-11-7(3)4-15-10/h4,6H,5H2,1-3H3,(H,12,13,14). The number of hydrogen-bond donors (Lipinski definition) is 1. The molecule has 0 aliphatic rings. The van der Waals surface area contributed by atoms with Crippen LogP contribution in [0, 0.1) is 12.8 Å². The molecule has 6 heteroatoms. The predicted octanol–water partition coefficient (Wildman–Crippen LogP) is 1.84. The Morgan fingerprint density at radius 3 is 2.75 bits per heavy atom. The predicted molar refractivity (Wildman–Crippen MR) is 65.6 cm³/mol. The van der Waals surface area contributed by atoms with Crippen LogP contribution in [0.25, 0.3) is 0 Å². The molecule has 0 fully saturated rings. The number of rotatable bonds is 4. The molecule has 0 atom stereocenters. The van der Waals surface area contributed by atoms with Gasteiger partial charge in [-0.3, -0.25) is 14.9 Å². The zero-order chi connectivity index (χ0) is 12.1. The van der Waals surface area contributed by atoms with E-state index in [2.05, 4.69) is 10.3 Å². The number of aryl methyl sites for hydroxylation is 1. The van der Waals surface area contributed by atoms with Gasteiger partial charge in [-0.2, -0.15) is 0 Å². The van der Waals surface area contributed by atoms with Gasteiger partial charge in [-0.25, -0.2) is 4.98 Å². The van der Waals surface area contributed by atoms with Crippen molar-refractivity contribution >= 4 is 34.9 Å². The Hall–Kier alpha value is -0.880. The van der Waals surface area contributed by atoms with Crippen LogP contribution in [-0.2, 0) is 9.59 Å². The van der Waals surface area contributed by atoms with E-state index < -0.39 is 0 Å². The number of nitrogens with one attached hydrogen (secondary N) is 1. The van der Waals surface area contributed by atoms with Crippen molar-refractivity contribution in [2.24, 2.45) is 5.92 Å². The summed E-state index contributed by atoms with van der Waals surface area (Å²) in [6, 6.07) is 0. The summed E-state index contributed by atoms with van der Waals surface area (Å²) < 4.78 is 0.852. The molecule has 0 aromatic carbocycles. The monoisotopic (exact) mass is 258 g/mol. The third-order valence-corrected chi connectivity index (χ3v) is 3.85. The van der Waals surface area contributed by atoms with Crippen LogP contribution < -0.4 is 5.32 Å². The molecule has 16 heavy (non-hydrogen) atoms. The molecule has 0 aliphatic heterocycles. The van der Waals surface area contributed by atoms with E-state index in [0.29, 0.717) is 0 Å². The van der Waals surface area contributed by atoms with Gasteiger partial charge in [0, 0.05) is 17.0 Å². The fourth-order valence-corrected chi connectivity index (χ4v) is 2.49. The van der Waals surface area contributed by atoms with Gasteiger partial charge in [-0.15, -0.1) is 11.3 Å². The van der Waals surface area contributed by atoms with Gasteiger partial charge in [-0.05, 0) is 6.92 Å². The number of thiazole rings is 1. The van der Waals surface area contributed by atoms with Crippen molar-refractivity contribution in [2.45, 2.75) is 25.1 Å². The van der Waals surface area contributed by atoms with Gasteiger partial charge in [-0.1, -0.05) is 25.6 Å². The molecule has 2 amide bonds. The fourth-order valence-electron chi connectivity index (χ4n) is 0.844. The minimum absolute atomic E-state index is 0.170. The summed E-state index contributed by atoms with van der Waals surface area (Å²) in [5.41, 5.74) is 0.950. The zero-order valence-corrected chi connectivity index (χ0v) is 11.1. The summed E-state index contributed by atoms with van der Waals surface area (Å²) >= 11 is 2.85. The molecule has 0 radical (unpaired) electrons. The first-order valence-corrected chi connectivity index (χ1v) is 6.74. The highest BCUT2D eigenvalue weighted by molar-refractivity contribution is 8.01. The van der Waals surface area contributed by atoms with Crippen molar-refractivity contribution < 1.29 is 9.59 Å². The quantitative estimate of drug-likeness (QED) is 0.837. The third kappa shape index (κ3) is 4.32. The number of carbonyl (C=O) groups excluding carboxylic acids is 2. The van der Waals surface area contributed by atoms with E-state index in [0.717, 1.165) is 10.0 Å². The molecule has 1 heterocycles. The van der Waals surface area contributed by atoms with Gasteiger partial charge in [0.15, 0.2) is 4.34 Å². The maximum Gasteiger partial charge on any atom is 0.237 e. The molecular formula is C10H14N2O2S2. The van der Waals surface area contributed by atoms with Gasteiger partial charge >= 0.3 is 0 Å². The molecule has 4 nitrogen and oxygen atoms in total. The second-order valence-corrected chi connectivity index (χ2v) is 5.69. The lowest BCUT2D eigenvalue weighted by atomic mass is 10.2. The molecule has 0 spiro atoms. The second-order valence-electron chi connectivity index (χ2n) is 3.61. The lowest BCUT2D eigenvalue weighted by Crippen LogP contribution is -2.34. The molecule has 88 valence electrons. The molecule has 0 unspecified atom stereocenters. The first-order chi connectivity index (χ1) is 7.49. The SMILES string of the molecule is Cc1csc(SCC(=O)NC(=O)C(C)C)n1. The number of amides is 2. The fraction of sp³-hybridized carbons (Fsp3) is 0.500. The van der Waals surface area contributed by atoms with Crippen LogP contribution in [0.15, 0.2) is 9.72 Å². The highest BCUT2D eigenvalue weighted by atomic mass is 32.2. The summed E-state index contributed by atoms with van der Waals surface area (Å²) in [7, 11) is 0. The molecular weight excluding hydrogens is 244 g/mol. The van der Waals surface area contributed by atoms with Crippen molar-refractivity contribution in [1.82, 2.24) is 10.3 Å². The molecule has 0 saturated carbocycles. The van der Waals surface area contributed by atoms with Crippen LogP contribution in [0.4, 0.5) is 0 Å². The summed E-state index contributed by atoms with van der Waals surface area (Å²) in [4.78, 5) is 26.8. The molecule has 1 N–H and O–H groups in total. The maximum atomic E-state index is 11.4. The van der Waals surface area contributed by atoms with Crippen molar-refractivity contribution in [1.29, 1.82) is 0 Å². The summed E-state index contributed by atoms with van der Waals surface area (Å²) in [5.74, 6) is -0.445. The molecule has 0 bridgehead atoms. The molecule has 0 saturated heterocycles. The highest BCUT2D eigenvalue weighted by Crippen LogP contribution is 2.21. The first-order valence-electron chi connectivity index (χ1n) is 4.87. The first kappa shape index (κ1) is 13.2. The van der Waals surface area contributed by atoms with Crippen molar-refractivity contribution in [3.05, 3.63) is 11.1 Å². The number of imide groups is 1. The Labute approximate surface area is 103 Å². The van der Waals surface area contributed by atoms with Crippen LogP contribution >= 0.6 is 23.1 Å². The smallest absolute Gasteiger partial charge is 0.237 e. The number of nitrogens with zero attached hydrogens (tertiary/aromatic N) is 1. The van der Waals surface area contributed by atoms with Crippen LogP contribution in [0.3, 0.4) is 0 Å². The van der Waals surface area contributed by atoms with Crippen LogP contribution in [0.5, 0.6) is 0 Å². The number of thioether (sulfide) groups is 1. The average molecular weight is 258 g/mol. The van der Waals surface area contributed by atoms with E-state index in [9.17, 15) is 9.59 Å². The van der Waals surface area contributed by atoms with Gasteiger partial charge in [0.25, 0.3) is 0 Å². The van der Waals surface area contributed by atoms with E-state index in [1.165, 1.54) is 23.1 Å². The largest absolute Gasteiger partial charge is 0.296 e. The molecule has 0 aliphatic carbocycles. The Morgan fingerprint density at radius 2 is 2.25 bits per heavy atom. The minimum Gasteiger partial charge on any atom is -0.296 e. The van der Waals surface area contributed by atoms with Gasteiger partial charge in [0.05, 0.1) is 5.75 Å². The zero-order valence-electron chi connectivity index (χ0n) is 9.44. The normalized spacial score (nSPS) is 10.5. The van der Waals surface area contributed by atoms with E-state index in [4.69, 9.17) is 0 Å². The van der Waals surface area contributed by atoms with E-state index in [-0.39, 0.29) is 23.5 Å². The van der Waals surface area contributed by atoms with E-state index >= 15 is 0 Å². The third-order valence-electron chi connectivity index (χ3n) is 1.71. The number of aromatic nitrogens is 1. The van der Waals surface area contributed by atoms with Crippen LogP contribution in [-0.4, -0.2) is 22.6 Å². The lowest BCUT2D eigenvalue weighted by Gasteiger charge is -2.04. The van der Waals surface area contributed by atoms with Crippen LogP contribution in [0.1, 0.15) is 19.5 Å². The van der Waals surface area contributed by atoms with Gasteiger partial charge in [0.1, 0.15) is 0 Å². The van der Waals surface area contributed by atoms with Gasteiger partial charge in [0.2, 0.25) is 11.8 Å². The van der Waals surface area contributed by atoms with E-state index in [1.807, 2.05) is 12.3 Å². The summed E-state index contributed by atoms with van der Waals surface area (Å²) in [5, 5.41) is 4.26. The maximum absolute atomic E-state index is 11.4. The Balaban J connectivity index is 2.33. The summed E-state index contributed by atoms with van der Waals surface area (Å²) in [6.45, 7) is 5.41. The number of carbonyl (C=O) groups is 2. The Kier molecular flexibility index (Phi) is 4.95. The second kappa shape index (κ2) is 6.00. The highest BCUT2D eigenvalue weighted by Gasteiger charge is 2.12. The van der Waals surface area contributed by atoms with E-state index in [1.54, 1.807) is 13.8 Å². The molecule has 1 aromatic rings. The van der Waals surface area contributed by atoms with Crippen molar-refractivity contribution in [3.63, 3.8) is 0 Å². The average Bonchev–Trinajstić information content (AvgIpc) is 2.61. The van der Waals surface area contributed by atoms with Crippen molar-refractivity contribution in [2.75, 3.05) is 5.75 Å². The summed E-state index contributed by atoms with van der Waals surface area (Å²) in [6.07, 6.45) is 0. The Bertz CT molecular complexity index is 388. The topological polar surface area (TPSA) is 59.1 Å². The van der Waals surface area contributed by atoms with Crippen molar-refractivity contribution in [3.8, 4) is 0 Å². The van der Waals surface area contributed by atoms with Crippen LogP contribution in [0.2, 0.25) is 0 Å². The molecule has 1 rings (SSSR count). The number of hydrogen-bond acceptors (Lipinski definition) is 5.